The Morgan fingerprint density at radius 2 is 1.58 bits per heavy atom. The third-order valence-electron chi connectivity index (χ3n) is 7.71. The molecule has 0 spiro atoms. The minimum atomic E-state index is -0.277. The van der Waals surface area contributed by atoms with E-state index >= 15 is 0 Å². The van der Waals surface area contributed by atoms with Crippen molar-refractivity contribution in [3.63, 3.8) is 0 Å². The fourth-order valence-corrected chi connectivity index (χ4v) is 5.60. The second kappa shape index (κ2) is 11.3. The highest BCUT2D eigenvalue weighted by molar-refractivity contribution is 6.04. The molecule has 194 valence electrons. The molecule has 2 aliphatic rings. The number of unbranched alkanes of at least 4 members (excludes halogenated alkanes) is 5. The lowest BCUT2D eigenvalue weighted by atomic mass is 9.95. The molecule has 0 amide bonds. The molecule has 4 nitrogen and oxygen atoms in total. The predicted octanol–water partition coefficient (Wildman–Crippen LogP) is 8.82. The first kappa shape index (κ1) is 24.5. The number of hydrogen-bond donors (Lipinski definition) is 0. The highest BCUT2D eigenvalue weighted by Gasteiger charge is 2.40. The predicted molar refractivity (Wildman–Crippen MR) is 155 cm³/mol. The smallest absolute Gasteiger partial charge is 0.213 e. The molecule has 0 saturated heterocycles. The summed E-state index contributed by atoms with van der Waals surface area (Å²) in [4.78, 5) is 0. The maximum atomic E-state index is 6.55. The van der Waals surface area contributed by atoms with E-state index in [9.17, 15) is 0 Å². The topological polar surface area (TPSA) is 34.1 Å². The second-order valence-electron chi connectivity index (χ2n) is 10.4. The van der Waals surface area contributed by atoms with Crippen molar-refractivity contribution in [3.8, 4) is 11.5 Å². The summed E-state index contributed by atoms with van der Waals surface area (Å²) in [5, 5.41) is 9.79. The number of benzene rings is 4. The molecule has 4 aromatic carbocycles. The van der Waals surface area contributed by atoms with Gasteiger partial charge in [-0.05, 0) is 59.2 Å². The number of hydrogen-bond acceptors (Lipinski definition) is 4. The summed E-state index contributed by atoms with van der Waals surface area (Å²) in [5.41, 5.74) is 4.56. The van der Waals surface area contributed by atoms with E-state index in [1.165, 1.54) is 54.0 Å². The van der Waals surface area contributed by atoms with Gasteiger partial charge in [0.2, 0.25) is 6.23 Å². The largest absolute Gasteiger partial charge is 0.494 e. The standard InChI is InChI=1S/C34H36N2O2/c1-2-3-4-5-6-11-22-37-29-20-18-26(19-21-29)34-36-32(30-14-9-10-15-33(30)38-34)24-31(35-36)28-17-16-25-12-7-8-13-27(25)23-28/h7-10,12-21,23,32,34H,2-6,11,22,24H2,1H3/t32-,34-/m0/s1. The number of fused-ring (bicyclic) bond motifs is 4. The van der Waals surface area contributed by atoms with Crippen LogP contribution in [0.1, 0.15) is 80.8 Å². The summed E-state index contributed by atoms with van der Waals surface area (Å²) in [7, 11) is 0. The Bertz CT molecular complexity index is 1410. The molecule has 0 unspecified atom stereocenters. The molecule has 4 heteroatoms. The third kappa shape index (κ3) is 5.13. The zero-order valence-corrected chi connectivity index (χ0v) is 22.2. The van der Waals surface area contributed by atoms with Gasteiger partial charge in [-0.2, -0.15) is 5.10 Å². The molecular weight excluding hydrogens is 468 g/mol. The first-order chi connectivity index (χ1) is 18.8. The fraction of sp³-hybridized carbons (Fsp3) is 0.324. The number of ether oxygens (including phenoxy) is 2. The average Bonchev–Trinajstić information content (AvgIpc) is 3.42. The van der Waals surface area contributed by atoms with E-state index in [0.717, 1.165) is 42.2 Å². The fourth-order valence-electron chi connectivity index (χ4n) is 5.60. The summed E-state index contributed by atoms with van der Waals surface area (Å²) < 4.78 is 12.6. The van der Waals surface area contributed by atoms with Gasteiger partial charge in [-0.1, -0.05) is 93.6 Å². The first-order valence-corrected chi connectivity index (χ1v) is 14.1. The molecule has 2 atom stereocenters. The van der Waals surface area contributed by atoms with E-state index in [0.29, 0.717) is 0 Å². The first-order valence-electron chi connectivity index (χ1n) is 14.1. The second-order valence-corrected chi connectivity index (χ2v) is 10.4. The van der Waals surface area contributed by atoms with Crippen LogP contribution in [0.3, 0.4) is 0 Å². The number of para-hydroxylation sites is 1. The molecule has 38 heavy (non-hydrogen) atoms. The monoisotopic (exact) mass is 504 g/mol. The van der Waals surface area contributed by atoms with Gasteiger partial charge in [0.15, 0.2) is 0 Å². The highest BCUT2D eigenvalue weighted by Crippen LogP contribution is 2.47. The maximum absolute atomic E-state index is 6.55. The van der Waals surface area contributed by atoms with Crippen molar-refractivity contribution < 1.29 is 9.47 Å². The van der Waals surface area contributed by atoms with Gasteiger partial charge in [-0.25, -0.2) is 5.01 Å². The van der Waals surface area contributed by atoms with E-state index < -0.39 is 0 Å². The van der Waals surface area contributed by atoms with Crippen molar-refractivity contribution in [2.45, 2.75) is 64.1 Å². The van der Waals surface area contributed by atoms with Crippen molar-refractivity contribution in [3.05, 3.63) is 108 Å². The molecule has 0 aromatic heterocycles. The van der Waals surface area contributed by atoms with E-state index in [1.807, 2.05) is 6.07 Å². The van der Waals surface area contributed by atoms with Gasteiger partial charge in [0.05, 0.1) is 18.4 Å². The maximum Gasteiger partial charge on any atom is 0.213 e. The Morgan fingerprint density at radius 3 is 2.45 bits per heavy atom. The molecular formula is C34H36N2O2. The van der Waals surface area contributed by atoms with Gasteiger partial charge < -0.3 is 9.47 Å². The van der Waals surface area contributed by atoms with Crippen LogP contribution in [-0.2, 0) is 0 Å². The Kier molecular flexibility index (Phi) is 7.30. The van der Waals surface area contributed by atoms with Gasteiger partial charge in [0.1, 0.15) is 11.5 Å². The normalized spacial score (nSPS) is 18.0. The summed E-state index contributed by atoms with van der Waals surface area (Å²) >= 11 is 0. The van der Waals surface area contributed by atoms with Crippen molar-refractivity contribution in [2.75, 3.05) is 6.61 Å². The van der Waals surface area contributed by atoms with Crippen LogP contribution in [0.15, 0.2) is 96.1 Å². The zero-order valence-electron chi connectivity index (χ0n) is 22.2. The SMILES string of the molecule is CCCCCCCCOc1ccc([C@@H]2Oc3ccccc3[C@@H]3CC(c4ccc5ccccc5c4)=NN32)cc1. The lowest BCUT2D eigenvalue weighted by Gasteiger charge is -2.38. The van der Waals surface area contributed by atoms with Crippen molar-refractivity contribution in [1.82, 2.24) is 5.01 Å². The Morgan fingerprint density at radius 1 is 0.816 bits per heavy atom. The summed E-state index contributed by atoms with van der Waals surface area (Å²) in [6.45, 7) is 3.02. The summed E-state index contributed by atoms with van der Waals surface area (Å²) in [6.07, 6.45) is 8.18. The van der Waals surface area contributed by atoms with Gasteiger partial charge in [-0.3, -0.25) is 0 Å². The van der Waals surface area contributed by atoms with Crippen LogP contribution >= 0.6 is 0 Å². The summed E-state index contributed by atoms with van der Waals surface area (Å²) in [6, 6.07) is 32.0. The van der Waals surface area contributed by atoms with Crippen LogP contribution in [0.25, 0.3) is 10.8 Å². The number of rotatable bonds is 10. The molecule has 0 bridgehead atoms. The van der Waals surface area contributed by atoms with Crippen molar-refractivity contribution in [1.29, 1.82) is 0 Å². The Balaban J connectivity index is 1.20. The van der Waals surface area contributed by atoms with Crippen LogP contribution in [0, 0.1) is 0 Å². The molecule has 4 aromatic rings. The van der Waals surface area contributed by atoms with E-state index in [1.54, 1.807) is 0 Å². The van der Waals surface area contributed by atoms with E-state index in [-0.39, 0.29) is 12.3 Å². The minimum Gasteiger partial charge on any atom is -0.494 e. The van der Waals surface area contributed by atoms with Crippen LogP contribution in [0.2, 0.25) is 0 Å². The third-order valence-corrected chi connectivity index (χ3v) is 7.71. The molecule has 0 saturated carbocycles. The van der Waals surface area contributed by atoms with Crippen LogP contribution in [0.5, 0.6) is 11.5 Å². The highest BCUT2D eigenvalue weighted by atomic mass is 16.5. The molecule has 0 N–H and O–H groups in total. The quantitative estimate of drug-likeness (QED) is 0.202. The van der Waals surface area contributed by atoms with Gasteiger partial charge in [0, 0.05) is 17.5 Å². The molecule has 0 radical (unpaired) electrons. The van der Waals surface area contributed by atoms with Crippen molar-refractivity contribution in [2.24, 2.45) is 5.10 Å². The zero-order chi connectivity index (χ0) is 25.7. The number of hydrazone groups is 1. The average molecular weight is 505 g/mol. The van der Waals surface area contributed by atoms with Crippen LogP contribution < -0.4 is 9.47 Å². The van der Waals surface area contributed by atoms with Gasteiger partial charge in [-0.15, -0.1) is 0 Å². The Labute approximate surface area is 225 Å². The van der Waals surface area contributed by atoms with Gasteiger partial charge >= 0.3 is 0 Å². The lowest BCUT2D eigenvalue weighted by Crippen LogP contribution is -2.33. The van der Waals surface area contributed by atoms with E-state index in [4.69, 9.17) is 14.6 Å². The lowest BCUT2D eigenvalue weighted by molar-refractivity contribution is -0.0190. The van der Waals surface area contributed by atoms with Gasteiger partial charge in [0.25, 0.3) is 0 Å². The molecule has 0 aliphatic carbocycles. The summed E-state index contributed by atoms with van der Waals surface area (Å²) in [5.74, 6) is 1.86. The molecule has 2 heterocycles. The van der Waals surface area contributed by atoms with Crippen molar-refractivity contribution >= 4 is 16.5 Å². The van der Waals surface area contributed by atoms with Crippen LogP contribution in [0.4, 0.5) is 0 Å². The number of nitrogens with zero attached hydrogens (tertiary/aromatic N) is 2. The molecule has 6 rings (SSSR count). The molecule has 0 fully saturated rings. The van der Waals surface area contributed by atoms with E-state index in [2.05, 4.69) is 96.9 Å². The Hall–Kier alpha value is -3.79. The minimum absolute atomic E-state index is 0.148. The molecule has 2 aliphatic heterocycles. The van der Waals surface area contributed by atoms with Crippen LogP contribution in [-0.4, -0.2) is 17.3 Å².